The first kappa shape index (κ1) is 14.7. The van der Waals surface area contributed by atoms with Crippen molar-refractivity contribution in [2.45, 2.75) is 6.54 Å². The van der Waals surface area contributed by atoms with Gasteiger partial charge < -0.3 is 25.4 Å². The van der Waals surface area contributed by atoms with Crippen molar-refractivity contribution < 1.29 is 14.3 Å². The van der Waals surface area contributed by atoms with Gasteiger partial charge in [-0.2, -0.15) is 0 Å². The summed E-state index contributed by atoms with van der Waals surface area (Å²) in [6, 6.07) is 3.48. The fourth-order valence-electron chi connectivity index (χ4n) is 2.01. The van der Waals surface area contributed by atoms with Gasteiger partial charge in [-0.25, -0.2) is 4.79 Å². The fourth-order valence-corrected chi connectivity index (χ4v) is 2.30. The zero-order valence-corrected chi connectivity index (χ0v) is 12.1. The second-order valence-electron chi connectivity index (χ2n) is 4.38. The summed E-state index contributed by atoms with van der Waals surface area (Å²) < 4.78 is 10.9. The highest BCUT2D eigenvalue weighted by Crippen LogP contribution is 2.36. The SMILES string of the molecule is COc1cc(CN)cc(Cl)c1OCCN1CCNC1=O. The van der Waals surface area contributed by atoms with Crippen LogP contribution in [0.2, 0.25) is 5.02 Å². The number of hydrogen-bond acceptors (Lipinski definition) is 4. The number of amides is 2. The Morgan fingerprint density at radius 3 is 2.90 bits per heavy atom. The van der Waals surface area contributed by atoms with E-state index in [-0.39, 0.29) is 6.03 Å². The predicted molar refractivity (Wildman–Crippen MR) is 76.4 cm³/mol. The molecule has 1 aromatic carbocycles. The van der Waals surface area contributed by atoms with E-state index in [9.17, 15) is 4.79 Å². The van der Waals surface area contributed by atoms with Gasteiger partial charge in [-0.05, 0) is 17.7 Å². The number of methoxy groups -OCH3 is 1. The molecule has 0 spiro atoms. The lowest BCUT2D eigenvalue weighted by Crippen LogP contribution is -2.31. The topological polar surface area (TPSA) is 76.8 Å². The Morgan fingerprint density at radius 2 is 2.30 bits per heavy atom. The number of benzene rings is 1. The van der Waals surface area contributed by atoms with Crippen molar-refractivity contribution in [1.29, 1.82) is 0 Å². The summed E-state index contributed by atoms with van der Waals surface area (Å²) in [5.74, 6) is 1.02. The van der Waals surface area contributed by atoms with Crippen molar-refractivity contribution in [3.05, 3.63) is 22.7 Å². The third-order valence-electron chi connectivity index (χ3n) is 3.08. The van der Waals surface area contributed by atoms with Crippen LogP contribution in [-0.2, 0) is 6.54 Å². The van der Waals surface area contributed by atoms with E-state index in [0.29, 0.717) is 49.3 Å². The highest BCUT2D eigenvalue weighted by molar-refractivity contribution is 6.32. The molecule has 0 radical (unpaired) electrons. The minimum Gasteiger partial charge on any atom is -0.493 e. The maximum absolute atomic E-state index is 11.4. The molecule has 3 N–H and O–H groups in total. The van der Waals surface area contributed by atoms with Crippen LogP contribution in [0.3, 0.4) is 0 Å². The van der Waals surface area contributed by atoms with Crippen LogP contribution < -0.4 is 20.5 Å². The zero-order chi connectivity index (χ0) is 14.5. The first-order valence-electron chi connectivity index (χ1n) is 6.37. The van der Waals surface area contributed by atoms with Crippen molar-refractivity contribution in [2.75, 3.05) is 33.4 Å². The Morgan fingerprint density at radius 1 is 1.50 bits per heavy atom. The average molecular weight is 300 g/mol. The number of nitrogens with zero attached hydrogens (tertiary/aromatic N) is 1. The average Bonchev–Trinajstić information content (AvgIpc) is 2.85. The molecule has 1 aliphatic rings. The number of nitrogens with two attached hydrogens (primary N) is 1. The molecule has 0 saturated carbocycles. The summed E-state index contributed by atoms with van der Waals surface area (Å²) in [5, 5.41) is 3.19. The molecule has 2 amide bonds. The second-order valence-corrected chi connectivity index (χ2v) is 4.79. The van der Waals surface area contributed by atoms with E-state index in [4.69, 9.17) is 26.8 Å². The van der Waals surface area contributed by atoms with Gasteiger partial charge in [0.25, 0.3) is 0 Å². The summed E-state index contributed by atoms with van der Waals surface area (Å²) >= 11 is 6.16. The first-order chi connectivity index (χ1) is 9.65. The normalized spacial score (nSPS) is 14.3. The van der Waals surface area contributed by atoms with E-state index in [1.165, 1.54) is 0 Å². The molecule has 7 heteroatoms. The van der Waals surface area contributed by atoms with Gasteiger partial charge in [0.05, 0.1) is 18.7 Å². The molecule has 2 rings (SSSR count). The van der Waals surface area contributed by atoms with Gasteiger partial charge in [-0.1, -0.05) is 11.6 Å². The summed E-state index contributed by atoms with van der Waals surface area (Å²) in [5.41, 5.74) is 6.46. The minimum absolute atomic E-state index is 0.0647. The van der Waals surface area contributed by atoms with Gasteiger partial charge in [0.2, 0.25) is 0 Å². The van der Waals surface area contributed by atoms with Crippen molar-refractivity contribution in [3.8, 4) is 11.5 Å². The number of nitrogens with one attached hydrogen (secondary N) is 1. The van der Waals surface area contributed by atoms with Gasteiger partial charge in [0, 0.05) is 19.6 Å². The number of hydrogen-bond donors (Lipinski definition) is 2. The lowest BCUT2D eigenvalue weighted by Gasteiger charge is -2.17. The van der Waals surface area contributed by atoms with Gasteiger partial charge in [0.1, 0.15) is 6.61 Å². The first-order valence-corrected chi connectivity index (χ1v) is 6.75. The molecule has 20 heavy (non-hydrogen) atoms. The molecular formula is C13H18ClN3O3. The summed E-state index contributed by atoms with van der Waals surface area (Å²) in [6.07, 6.45) is 0. The summed E-state index contributed by atoms with van der Waals surface area (Å²) in [6.45, 7) is 2.60. The molecule has 0 bridgehead atoms. The quantitative estimate of drug-likeness (QED) is 0.828. The lowest BCUT2D eigenvalue weighted by atomic mass is 10.2. The van der Waals surface area contributed by atoms with E-state index in [0.717, 1.165) is 5.56 Å². The standard InChI is InChI=1S/C13H18ClN3O3/c1-19-11-7-9(8-15)6-10(14)12(11)20-5-4-17-3-2-16-13(17)18/h6-7H,2-5,8,15H2,1H3,(H,16,18). The molecule has 1 heterocycles. The Bertz CT molecular complexity index is 496. The predicted octanol–water partition coefficient (Wildman–Crippen LogP) is 1.21. The van der Waals surface area contributed by atoms with E-state index in [1.807, 2.05) is 0 Å². The number of urea groups is 1. The third kappa shape index (κ3) is 3.26. The van der Waals surface area contributed by atoms with Crippen LogP contribution in [0.4, 0.5) is 4.79 Å². The van der Waals surface area contributed by atoms with E-state index < -0.39 is 0 Å². The monoisotopic (exact) mass is 299 g/mol. The molecule has 1 aliphatic heterocycles. The number of ether oxygens (including phenoxy) is 2. The van der Waals surface area contributed by atoms with Crippen LogP contribution in [0.25, 0.3) is 0 Å². The summed E-state index contributed by atoms with van der Waals surface area (Å²) in [7, 11) is 1.55. The zero-order valence-electron chi connectivity index (χ0n) is 11.3. The van der Waals surface area contributed by atoms with E-state index in [2.05, 4.69) is 5.32 Å². The number of halogens is 1. The van der Waals surface area contributed by atoms with Crippen LogP contribution in [0.1, 0.15) is 5.56 Å². The van der Waals surface area contributed by atoms with Crippen LogP contribution in [0, 0.1) is 0 Å². The highest BCUT2D eigenvalue weighted by Gasteiger charge is 2.19. The van der Waals surface area contributed by atoms with Crippen molar-refractivity contribution in [2.24, 2.45) is 5.73 Å². The van der Waals surface area contributed by atoms with Gasteiger partial charge >= 0.3 is 6.03 Å². The molecule has 1 saturated heterocycles. The minimum atomic E-state index is -0.0647. The molecule has 6 nitrogen and oxygen atoms in total. The number of carbonyl (C=O) groups is 1. The fraction of sp³-hybridized carbons (Fsp3) is 0.462. The summed E-state index contributed by atoms with van der Waals surface area (Å²) in [4.78, 5) is 13.1. The molecule has 1 aromatic rings. The van der Waals surface area contributed by atoms with Crippen molar-refractivity contribution in [3.63, 3.8) is 0 Å². The Balaban J connectivity index is 1.99. The molecular weight excluding hydrogens is 282 g/mol. The Hall–Kier alpha value is -1.66. The van der Waals surface area contributed by atoms with E-state index >= 15 is 0 Å². The molecule has 0 aliphatic carbocycles. The van der Waals surface area contributed by atoms with Crippen LogP contribution in [0.15, 0.2) is 12.1 Å². The van der Waals surface area contributed by atoms with E-state index in [1.54, 1.807) is 24.1 Å². The smallest absolute Gasteiger partial charge is 0.317 e. The molecule has 110 valence electrons. The largest absolute Gasteiger partial charge is 0.493 e. The number of rotatable bonds is 6. The second kappa shape index (κ2) is 6.67. The van der Waals surface area contributed by atoms with Crippen LogP contribution in [-0.4, -0.2) is 44.3 Å². The van der Waals surface area contributed by atoms with Crippen LogP contribution in [0.5, 0.6) is 11.5 Å². The number of carbonyl (C=O) groups excluding carboxylic acids is 1. The highest BCUT2D eigenvalue weighted by atomic mass is 35.5. The maximum atomic E-state index is 11.4. The van der Waals surface area contributed by atoms with Gasteiger partial charge in [-0.3, -0.25) is 0 Å². The van der Waals surface area contributed by atoms with Gasteiger partial charge in [0.15, 0.2) is 11.5 Å². The lowest BCUT2D eigenvalue weighted by molar-refractivity contribution is 0.201. The Labute approximate surface area is 122 Å². The molecule has 0 unspecified atom stereocenters. The Kier molecular flexibility index (Phi) is 4.92. The molecule has 0 aromatic heterocycles. The van der Waals surface area contributed by atoms with Crippen LogP contribution >= 0.6 is 11.6 Å². The maximum Gasteiger partial charge on any atom is 0.317 e. The van der Waals surface area contributed by atoms with Crippen molar-refractivity contribution >= 4 is 17.6 Å². The van der Waals surface area contributed by atoms with Gasteiger partial charge in [-0.15, -0.1) is 0 Å². The molecule has 1 fully saturated rings. The van der Waals surface area contributed by atoms with Crippen molar-refractivity contribution in [1.82, 2.24) is 10.2 Å². The third-order valence-corrected chi connectivity index (χ3v) is 3.36. The molecule has 0 atom stereocenters.